The summed E-state index contributed by atoms with van der Waals surface area (Å²) in [7, 11) is 3.16. The lowest BCUT2D eigenvalue weighted by molar-refractivity contribution is -0.117. The molecule has 0 aromatic heterocycles. The maximum atomic E-state index is 11.5. The molecule has 3 heteroatoms. The van der Waals surface area contributed by atoms with Gasteiger partial charge in [-0.25, -0.2) is 0 Å². The maximum Gasteiger partial charge on any atom is 0.254 e. The first kappa shape index (κ1) is 13.5. The van der Waals surface area contributed by atoms with Gasteiger partial charge < -0.3 is 10.1 Å². The van der Waals surface area contributed by atoms with Crippen molar-refractivity contribution in [2.75, 3.05) is 14.2 Å². The van der Waals surface area contributed by atoms with Crippen molar-refractivity contribution >= 4 is 5.91 Å². The number of hydrogen-bond acceptors (Lipinski definition) is 2. The van der Waals surface area contributed by atoms with E-state index >= 15 is 0 Å². The second-order valence-corrected chi connectivity index (χ2v) is 2.87. The quantitative estimate of drug-likeness (QED) is 0.428. The molecule has 0 heterocycles. The first-order valence-corrected chi connectivity index (χ1v) is 5.00. The molecule has 84 valence electrons. The van der Waals surface area contributed by atoms with Gasteiger partial charge in [-0.05, 0) is 19.4 Å². The summed E-state index contributed by atoms with van der Waals surface area (Å²) in [5.41, 5.74) is 0.570. The van der Waals surface area contributed by atoms with Crippen molar-refractivity contribution in [1.82, 2.24) is 5.32 Å². The predicted molar refractivity (Wildman–Crippen MR) is 62.3 cm³/mol. The smallest absolute Gasteiger partial charge is 0.254 e. The zero-order valence-electron chi connectivity index (χ0n) is 9.83. The zero-order valence-corrected chi connectivity index (χ0v) is 9.83. The molecule has 15 heavy (non-hydrogen) atoms. The minimum Gasteiger partial charge on any atom is -0.496 e. The van der Waals surface area contributed by atoms with E-state index in [1.807, 2.05) is 32.1 Å². The summed E-state index contributed by atoms with van der Waals surface area (Å²) in [5, 5.41) is 2.59. The third-order valence-electron chi connectivity index (χ3n) is 1.81. The fourth-order valence-electron chi connectivity index (χ4n) is 1.10. The minimum absolute atomic E-state index is 0.130. The standard InChI is InChI=1S/C12H19NO2/c1-5-7-9-11(15-4)10(8-6-2)12(14)13-3/h5,7-9H,6H2,1-4H3,(H,13,14)/b7-5-,10-8-,11-9+. The van der Waals surface area contributed by atoms with E-state index in [1.54, 1.807) is 20.2 Å². The number of rotatable bonds is 5. The predicted octanol–water partition coefficient (Wildman–Crippen LogP) is 2.18. The summed E-state index contributed by atoms with van der Waals surface area (Å²) >= 11 is 0. The Bertz CT molecular complexity index is 288. The van der Waals surface area contributed by atoms with Crippen LogP contribution in [0.3, 0.4) is 0 Å². The van der Waals surface area contributed by atoms with Crippen molar-refractivity contribution in [3.8, 4) is 0 Å². The highest BCUT2D eigenvalue weighted by Crippen LogP contribution is 2.12. The molecule has 0 unspecified atom stereocenters. The molecule has 0 radical (unpaired) electrons. The molecular formula is C12H19NO2. The van der Waals surface area contributed by atoms with E-state index in [2.05, 4.69) is 5.32 Å². The van der Waals surface area contributed by atoms with E-state index in [0.29, 0.717) is 11.3 Å². The average molecular weight is 209 g/mol. The minimum atomic E-state index is -0.130. The van der Waals surface area contributed by atoms with E-state index in [4.69, 9.17) is 4.74 Å². The first-order valence-electron chi connectivity index (χ1n) is 5.00. The first-order chi connectivity index (χ1) is 7.21. The van der Waals surface area contributed by atoms with Crippen molar-refractivity contribution in [3.63, 3.8) is 0 Å². The number of carbonyl (C=O) groups excluding carboxylic acids is 1. The van der Waals surface area contributed by atoms with Crippen LogP contribution in [-0.4, -0.2) is 20.1 Å². The van der Waals surface area contributed by atoms with Gasteiger partial charge in [0.1, 0.15) is 5.76 Å². The average Bonchev–Trinajstić information content (AvgIpc) is 2.27. The molecule has 1 N–H and O–H groups in total. The largest absolute Gasteiger partial charge is 0.496 e. The van der Waals surface area contributed by atoms with Crippen LogP contribution in [0.4, 0.5) is 0 Å². The Morgan fingerprint density at radius 3 is 2.53 bits per heavy atom. The van der Waals surface area contributed by atoms with E-state index in [0.717, 1.165) is 6.42 Å². The lowest BCUT2D eigenvalue weighted by Crippen LogP contribution is -2.21. The number of allylic oxidation sites excluding steroid dienone is 4. The monoisotopic (exact) mass is 209 g/mol. The van der Waals surface area contributed by atoms with Gasteiger partial charge in [-0.2, -0.15) is 0 Å². The van der Waals surface area contributed by atoms with E-state index in [1.165, 1.54) is 0 Å². The molecule has 0 saturated carbocycles. The molecule has 0 aromatic carbocycles. The normalized spacial score (nSPS) is 13.1. The van der Waals surface area contributed by atoms with Gasteiger partial charge in [-0.15, -0.1) is 0 Å². The highest BCUT2D eigenvalue weighted by Gasteiger charge is 2.12. The number of likely N-dealkylation sites (N-methyl/N-ethyl adjacent to an activating group) is 1. The highest BCUT2D eigenvalue weighted by atomic mass is 16.5. The molecular weight excluding hydrogens is 190 g/mol. The molecule has 0 spiro atoms. The Morgan fingerprint density at radius 2 is 2.13 bits per heavy atom. The molecule has 0 rings (SSSR count). The van der Waals surface area contributed by atoms with Crippen LogP contribution in [0.2, 0.25) is 0 Å². The molecule has 3 nitrogen and oxygen atoms in total. The summed E-state index contributed by atoms with van der Waals surface area (Å²) in [5.74, 6) is 0.448. The maximum absolute atomic E-state index is 11.5. The van der Waals surface area contributed by atoms with Gasteiger partial charge in [0.15, 0.2) is 0 Å². The van der Waals surface area contributed by atoms with Crippen molar-refractivity contribution < 1.29 is 9.53 Å². The van der Waals surface area contributed by atoms with Crippen LogP contribution in [0.15, 0.2) is 35.6 Å². The van der Waals surface area contributed by atoms with Gasteiger partial charge in [0, 0.05) is 7.05 Å². The SMILES string of the molecule is C\C=C/C=C(OC)\C(=C\CC)C(=O)NC. The van der Waals surface area contributed by atoms with Crippen LogP contribution >= 0.6 is 0 Å². The number of hydrogen-bond donors (Lipinski definition) is 1. The van der Waals surface area contributed by atoms with Gasteiger partial charge in [0.25, 0.3) is 5.91 Å². The Morgan fingerprint density at radius 1 is 1.47 bits per heavy atom. The summed E-state index contributed by atoms with van der Waals surface area (Å²) in [4.78, 5) is 11.5. The molecule has 1 amide bonds. The summed E-state index contributed by atoms with van der Waals surface area (Å²) in [6.45, 7) is 3.89. The van der Waals surface area contributed by atoms with Crippen molar-refractivity contribution in [1.29, 1.82) is 0 Å². The second-order valence-electron chi connectivity index (χ2n) is 2.87. The Hall–Kier alpha value is -1.51. The number of ether oxygens (including phenoxy) is 1. The Kier molecular flexibility index (Phi) is 7.06. The van der Waals surface area contributed by atoms with Crippen LogP contribution < -0.4 is 5.32 Å². The fraction of sp³-hybridized carbons (Fsp3) is 0.417. The Balaban J connectivity index is 5.04. The van der Waals surface area contributed by atoms with Crippen LogP contribution in [0.5, 0.6) is 0 Å². The fourth-order valence-corrected chi connectivity index (χ4v) is 1.10. The summed E-state index contributed by atoms with van der Waals surface area (Å²) < 4.78 is 5.17. The summed E-state index contributed by atoms with van der Waals surface area (Å²) in [6.07, 6.45) is 8.13. The molecule has 0 bridgehead atoms. The van der Waals surface area contributed by atoms with E-state index in [9.17, 15) is 4.79 Å². The molecule has 0 saturated heterocycles. The van der Waals surface area contributed by atoms with Crippen LogP contribution in [0.1, 0.15) is 20.3 Å². The van der Waals surface area contributed by atoms with Gasteiger partial charge >= 0.3 is 0 Å². The molecule has 0 aliphatic heterocycles. The number of methoxy groups -OCH3 is 1. The summed E-state index contributed by atoms with van der Waals surface area (Å²) in [6, 6.07) is 0. The number of nitrogens with one attached hydrogen (secondary N) is 1. The zero-order chi connectivity index (χ0) is 11.7. The van der Waals surface area contributed by atoms with Gasteiger partial charge in [-0.3, -0.25) is 4.79 Å². The molecule has 0 fully saturated rings. The molecule has 0 aromatic rings. The second kappa shape index (κ2) is 7.85. The van der Waals surface area contributed by atoms with Crippen LogP contribution in [0.25, 0.3) is 0 Å². The van der Waals surface area contributed by atoms with Crippen LogP contribution in [-0.2, 0) is 9.53 Å². The van der Waals surface area contributed by atoms with Crippen molar-refractivity contribution in [2.24, 2.45) is 0 Å². The number of amides is 1. The van der Waals surface area contributed by atoms with E-state index < -0.39 is 0 Å². The molecule has 0 aliphatic carbocycles. The van der Waals surface area contributed by atoms with Crippen molar-refractivity contribution in [2.45, 2.75) is 20.3 Å². The lowest BCUT2D eigenvalue weighted by atomic mass is 10.1. The van der Waals surface area contributed by atoms with E-state index in [-0.39, 0.29) is 5.91 Å². The van der Waals surface area contributed by atoms with Gasteiger partial charge in [-0.1, -0.05) is 25.2 Å². The molecule has 0 atom stereocenters. The number of carbonyl (C=O) groups is 1. The highest BCUT2D eigenvalue weighted by molar-refractivity contribution is 5.97. The Labute approximate surface area is 91.5 Å². The van der Waals surface area contributed by atoms with Crippen molar-refractivity contribution in [3.05, 3.63) is 35.6 Å². The lowest BCUT2D eigenvalue weighted by Gasteiger charge is -2.08. The molecule has 0 aliphatic rings. The van der Waals surface area contributed by atoms with Crippen LogP contribution in [0, 0.1) is 0 Å². The topological polar surface area (TPSA) is 38.3 Å². The van der Waals surface area contributed by atoms with Gasteiger partial charge in [0.2, 0.25) is 0 Å². The van der Waals surface area contributed by atoms with Gasteiger partial charge in [0.05, 0.1) is 12.7 Å². The third kappa shape index (κ3) is 4.49. The third-order valence-corrected chi connectivity index (χ3v) is 1.81.